The fourth-order valence-electron chi connectivity index (χ4n) is 4.89. The summed E-state index contributed by atoms with van der Waals surface area (Å²) in [5.41, 5.74) is 1.47. The zero-order chi connectivity index (χ0) is 18.8. The van der Waals surface area contributed by atoms with Crippen LogP contribution in [0.4, 0.5) is 11.4 Å². The van der Waals surface area contributed by atoms with Crippen molar-refractivity contribution in [2.24, 2.45) is 17.8 Å². The van der Waals surface area contributed by atoms with Gasteiger partial charge in [0.1, 0.15) is 0 Å². The van der Waals surface area contributed by atoms with Gasteiger partial charge in [0, 0.05) is 30.8 Å². The van der Waals surface area contributed by atoms with Gasteiger partial charge in [-0.15, -0.1) is 0 Å². The molecule has 2 amide bonds. The summed E-state index contributed by atoms with van der Waals surface area (Å²) < 4.78 is 5.16. The van der Waals surface area contributed by atoms with Crippen molar-refractivity contribution in [1.82, 2.24) is 0 Å². The Hall–Kier alpha value is -2.37. The first-order chi connectivity index (χ1) is 13.1. The van der Waals surface area contributed by atoms with Gasteiger partial charge >= 0.3 is 5.97 Å². The van der Waals surface area contributed by atoms with E-state index in [1.807, 2.05) is 12.1 Å². The zero-order valence-electron chi connectivity index (χ0n) is 15.5. The quantitative estimate of drug-likeness (QED) is 0.781. The average molecular weight is 370 g/mol. The molecular formula is C21H26N2O4. The van der Waals surface area contributed by atoms with Gasteiger partial charge in [-0.05, 0) is 67.7 Å². The van der Waals surface area contributed by atoms with E-state index in [9.17, 15) is 14.4 Å². The van der Waals surface area contributed by atoms with Crippen LogP contribution >= 0.6 is 0 Å². The van der Waals surface area contributed by atoms with E-state index in [1.54, 1.807) is 17.0 Å². The molecule has 2 saturated carbocycles. The largest absolute Gasteiger partial charge is 0.456 e. The van der Waals surface area contributed by atoms with E-state index in [2.05, 4.69) is 5.32 Å². The Kier molecular flexibility index (Phi) is 5.14. The minimum absolute atomic E-state index is 0.134. The maximum Gasteiger partial charge on any atom is 0.306 e. The van der Waals surface area contributed by atoms with Gasteiger partial charge in [0.05, 0.1) is 0 Å². The molecule has 4 rings (SSSR count). The maximum atomic E-state index is 12.0. The number of hydrogen-bond donors (Lipinski definition) is 1. The van der Waals surface area contributed by atoms with Crippen molar-refractivity contribution in [2.75, 3.05) is 23.4 Å². The van der Waals surface area contributed by atoms with Crippen molar-refractivity contribution < 1.29 is 19.1 Å². The summed E-state index contributed by atoms with van der Waals surface area (Å²) in [6, 6.07) is 7.16. The normalized spacial score (nSPS) is 26.4. The molecule has 1 aliphatic heterocycles. The van der Waals surface area contributed by atoms with Crippen molar-refractivity contribution in [3.63, 3.8) is 0 Å². The van der Waals surface area contributed by atoms with Crippen LogP contribution in [0.2, 0.25) is 0 Å². The van der Waals surface area contributed by atoms with Crippen LogP contribution in [0.15, 0.2) is 24.3 Å². The first-order valence-corrected chi connectivity index (χ1v) is 9.94. The number of amides is 2. The number of carbonyl (C=O) groups excluding carboxylic acids is 3. The Labute approximate surface area is 159 Å². The third kappa shape index (κ3) is 4.15. The van der Waals surface area contributed by atoms with Crippen LogP contribution in [0.1, 0.15) is 44.9 Å². The molecule has 0 radical (unpaired) electrons. The van der Waals surface area contributed by atoms with Crippen LogP contribution < -0.4 is 10.2 Å². The van der Waals surface area contributed by atoms with Crippen LogP contribution in [0.3, 0.4) is 0 Å². The van der Waals surface area contributed by atoms with E-state index in [-0.39, 0.29) is 24.4 Å². The Balaban J connectivity index is 1.21. The van der Waals surface area contributed by atoms with E-state index >= 15 is 0 Å². The van der Waals surface area contributed by atoms with Gasteiger partial charge in [0.2, 0.25) is 5.91 Å². The number of nitrogens with one attached hydrogen (secondary N) is 1. The molecule has 1 saturated heterocycles. The Bertz CT molecular complexity index is 730. The van der Waals surface area contributed by atoms with Crippen LogP contribution in [0.25, 0.3) is 0 Å². The smallest absolute Gasteiger partial charge is 0.306 e. The van der Waals surface area contributed by atoms with E-state index in [0.29, 0.717) is 30.4 Å². The predicted octanol–water partition coefficient (Wildman–Crippen LogP) is 3.12. The van der Waals surface area contributed by atoms with Gasteiger partial charge in [-0.1, -0.05) is 6.42 Å². The minimum atomic E-state index is -0.346. The Morgan fingerprint density at radius 1 is 1.15 bits per heavy atom. The molecule has 6 nitrogen and oxygen atoms in total. The average Bonchev–Trinajstić information content (AvgIpc) is 3.38. The molecule has 0 unspecified atom stereocenters. The predicted molar refractivity (Wildman–Crippen MR) is 101 cm³/mol. The number of carbonyl (C=O) groups is 3. The van der Waals surface area contributed by atoms with Crippen molar-refractivity contribution in [1.29, 1.82) is 0 Å². The summed E-state index contributed by atoms with van der Waals surface area (Å²) in [7, 11) is 0. The topological polar surface area (TPSA) is 75.7 Å². The van der Waals surface area contributed by atoms with Crippen molar-refractivity contribution in [2.45, 2.75) is 44.9 Å². The highest BCUT2D eigenvalue weighted by molar-refractivity contribution is 5.96. The van der Waals surface area contributed by atoms with E-state index in [1.165, 1.54) is 19.3 Å². The molecule has 1 N–H and O–H groups in total. The number of nitrogens with zero attached hydrogens (tertiary/aromatic N) is 1. The summed E-state index contributed by atoms with van der Waals surface area (Å²) in [5, 5.41) is 2.73. The first-order valence-electron chi connectivity index (χ1n) is 9.94. The van der Waals surface area contributed by atoms with Gasteiger partial charge in [-0.3, -0.25) is 14.4 Å². The van der Waals surface area contributed by atoms with Crippen molar-refractivity contribution >= 4 is 29.2 Å². The minimum Gasteiger partial charge on any atom is -0.456 e. The molecule has 3 fully saturated rings. The maximum absolute atomic E-state index is 12.0. The van der Waals surface area contributed by atoms with Crippen molar-refractivity contribution in [3.8, 4) is 0 Å². The third-order valence-electron chi connectivity index (χ3n) is 6.21. The number of anilines is 2. The highest BCUT2D eigenvalue weighted by Crippen LogP contribution is 2.49. The first kappa shape index (κ1) is 18.0. The zero-order valence-corrected chi connectivity index (χ0v) is 15.5. The molecule has 2 aliphatic carbocycles. The second-order valence-electron chi connectivity index (χ2n) is 8.04. The van der Waals surface area contributed by atoms with E-state index in [4.69, 9.17) is 4.74 Å². The Morgan fingerprint density at radius 3 is 2.59 bits per heavy atom. The summed E-state index contributed by atoms with van der Waals surface area (Å²) >= 11 is 0. The number of ether oxygens (including phenoxy) is 1. The number of rotatable bonds is 6. The second kappa shape index (κ2) is 7.71. The lowest BCUT2D eigenvalue weighted by Gasteiger charge is -2.20. The molecule has 1 heterocycles. The molecule has 1 aromatic rings. The lowest BCUT2D eigenvalue weighted by atomic mass is 9.86. The molecule has 3 atom stereocenters. The lowest BCUT2D eigenvalue weighted by Crippen LogP contribution is -2.24. The lowest BCUT2D eigenvalue weighted by molar-refractivity contribution is -0.148. The molecule has 3 aliphatic rings. The number of benzene rings is 1. The summed E-state index contributed by atoms with van der Waals surface area (Å²) in [4.78, 5) is 37.5. The molecule has 2 bridgehead atoms. The highest BCUT2D eigenvalue weighted by Gasteiger charge is 2.40. The highest BCUT2D eigenvalue weighted by atomic mass is 16.5. The van der Waals surface area contributed by atoms with Gasteiger partial charge in [0.25, 0.3) is 5.91 Å². The van der Waals surface area contributed by atoms with Crippen LogP contribution in [-0.4, -0.2) is 30.9 Å². The summed E-state index contributed by atoms with van der Waals surface area (Å²) in [6.07, 6.45) is 6.85. The molecule has 0 aromatic heterocycles. The van der Waals surface area contributed by atoms with Crippen LogP contribution in [0.5, 0.6) is 0 Å². The number of esters is 1. The standard InChI is InChI=1S/C21H26N2O4/c24-19(13-27-21(26)12-16-11-14-3-4-15(16)10-14)22-17-5-7-18(8-6-17)23-9-1-2-20(23)25/h5-8,14-16H,1-4,9-13H2,(H,22,24)/t14-,15-,16-/m1/s1. The molecule has 144 valence electrons. The molecule has 0 spiro atoms. The van der Waals surface area contributed by atoms with Gasteiger partial charge in [-0.2, -0.15) is 0 Å². The SMILES string of the molecule is O=C(COC(=O)C[C@H]1C[C@@H]2CC[C@@H]1C2)Nc1ccc(N2CCCC2=O)cc1. The third-order valence-corrected chi connectivity index (χ3v) is 6.21. The summed E-state index contributed by atoms with van der Waals surface area (Å²) in [5.74, 6) is 1.44. The van der Waals surface area contributed by atoms with Gasteiger partial charge in [-0.25, -0.2) is 0 Å². The number of fused-ring (bicyclic) bond motifs is 2. The monoisotopic (exact) mass is 370 g/mol. The number of hydrogen-bond acceptors (Lipinski definition) is 4. The van der Waals surface area contributed by atoms with E-state index < -0.39 is 0 Å². The molecular weight excluding hydrogens is 344 g/mol. The van der Waals surface area contributed by atoms with Crippen molar-refractivity contribution in [3.05, 3.63) is 24.3 Å². The van der Waals surface area contributed by atoms with Crippen LogP contribution in [-0.2, 0) is 19.1 Å². The van der Waals surface area contributed by atoms with Crippen LogP contribution in [0, 0.1) is 17.8 Å². The molecule has 1 aromatic carbocycles. The molecule has 27 heavy (non-hydrogen) atoms. The molecule has 6 heteroatoms. The van der Waals surface area contributed by atoms with Gasteiger partial charge < -0.3 is 15.0 Å². The van der Waals surface area contributed by atoms with E-state index in [0.717, 1.165) is 31.0 Å². The fourth-order valence-corrected chi connectivity index (χ4v) is 4.89. The Morgan fingerprint density at radius 2 is 1.96 bits per heavy atom. The second-order valence-corrected chi connectivity index (χ2v) is 8.04. The summed E-state index contributed by atoms with van der Waals surface area (Å²) in [6.45, 7) is 0.481. The van der Waals surface area contributed by atoms with Gasteiger partial charge in [0.15, 0.2) is 6.61 Å². The fraction of sp³-hybridized carbons (Fsp3) is 0.571.